The zero-order chi connectivity index (χ0) is 16.0. The van der Waals surface area contributed by atoms with E-state index in [-0.39, 0.29) is 6.03 Å². The second-order valence-corrected chi connectivity index (χ2v) is 8.26. The fourth-order valence-electron chi connectivity index (χ4n) is 4.44. The maximum Gasteiger partial charge on any atom is 0.317 e. The van der Waals surface area contributed by atoms with Crippen LogP contribution in [0.25, 0.3) is 0 Å². The minimum Gasteiger partial charge on any atom is -0.374 e. The lowest BCUT2D eigenvalue weighted by Crippen LogP contribution is -2.40. The van der Waals surface area contributed by atoms with E-state index in [0.717, 1.165) is 30.9 Å². The number of fused-ring (bicyclic) bond motifs is 5. The fourth-order valence-corrected chi connectivity index (χ4v) is 5.46. The Balaban J connectivity index is 1.26. The Kier molecular flexibility index (Phi) is 4.05. The summed E-state index contributed by atoms with van der Waals surface area (Å²) in [5.41, 5.74) is 1.19. The molecule has 1 aromatic rings. The van der Waals surface area contributed by atoms with Crippen molar-refractivity contribution in [2.24, 2.45) is 11.8 Å². The quantitative estimate of drug-likeness (QED) is 0.919. The number of carbonyl (C=O) groups excluding carboxylic acids is 1. The van der Waals surface area contributed by atoms with E-state index >= 15 is 0 Å². The first-order chi connectivity index (χ1) is 11.2. The number of aromatic nitrogens is 1. The van der Waals surface area contributed by atoms with E-state index in [1.165, 1.54) is 23.4 Å². The largest absolute Gasteiger partial charge is 0.374 e. The van der Waals surface area contributed by atoms with E-state index in [2.05, 4.69) is 24.1 Å². The third-order valence-corrected chi connectivity index (χ3v) is 6.70. The lowest BCUT2D eigenvalue weighted by molar-refractivity contribution is 0.0739. The molecule has 23 heavy (non-hydrogen) atoms. The Morgan fingerprint density at radius 1 is 1.35 bits per heavy atom. The molecule has 0 aliphatic carbocycles. The number of likely N-dealkylation sites (tertiary alicyclic amines) is 1. The van der Waals surface area contributed by atoms with Crippen LogP contribution >= 0.6 is 11.3 Å². The molecule has 3 aliphatic heterocycles. The smallest absolute Gasteiger partial charge is 0.317 e. The van der Waals surface area contributed by atoms with E-state index in [9.17, 15) is 4.79 Å². The molecule has 4 heterocycles. The van der Waals surface area contributed by atoms with Crippen LogP contribution in [0, 0.1) is 18.8 Å². The van der Waals surface area contributed by atoms with Crippen LogP contribution in [0.3, 0.4) is 0 Å². The van der Waals surface area contributed by atoms with Crippen molar-refractivity contribution in [1.82, 2.24) is 15.2 Å². The van der Waals surface area contributed by atoms with Crippen molar-refractivity contribution in [3.63, 3.8) is 0 Å². The van der Waals surface area contributed by atoms with Gasteiger partial charge in [-0.3, -0.25) is 0 Å². The molecule has 5 nitrogen and oxygen atoms in total. The summed E-state index contributed by atoms with van der Waals surface area (Å²) in [6.07, 6.45) is 5.00. The number of aryl methyl sites for hydroxylation is 2. The minimum absolute atomic E-state index is 0.0859. The molecule has 0 unspecified atom stereocenters. The van der Waals surface area contributed by atoms with Gasteiger partial charge in [-0.25, -0.2) is 9.78 Å². The second-order valence-electron chi connectivity index (χ2n) is 6.97. The van der Waals surface area contributed by atoms with Crippen LogP contribution in [-0.2, 0) is 17.6 Å². The van der Waals surface area contributed by atoms with Crippen molar-refractivity contribution in [2.75, 3.05) is 19.6 Å². The topological polar surface area (TPSA) is 54.5 Å². The third kappa shape index (κ3) is 2.76. The highest BCUT2D eigenvalue weighted by atomic mass is 32.1. The monoisotopic (exact) mass is 335 g/mol. The molecule has 0 spiro atoms. The highest BCUT2D eigenvalue weighted by molar-refractivity contribution is 7.11. The van der Waals surface area contributed by atoms with E-state index in [1.807, 2.05) is 4.90 Å². The molecule has 0 aromatic carbocycles. The van der Waals surface area contributed by atoms with E-state index in [0.29, 0.717) is 30.6 Å². The van der Waals surface area contributed by atoms with Crippen LogP contribution in [-0.4, -0.2) is 47.8 Å². The molecule has 3 saturated heterocycles. The first-order valence-corrected chi connectivity index (χ1v) is 9.60. The number of rotatable bonds is 4. The van der Waals surface area contributed by atoms with Gasteiger partial charge in [0.1, 0.15) is 0 Å². The fraction of sp³-hybridized carbons (Fsp3) is 0.765. The van der Waals surface area contributed by atoms with Crippen molar-refractivity contribution in [2.45, 2.75) is 51.7 Å². The molecule has 0 saturated carbocycles. The zero-order valence-corrected chi connectivity index (χ0v) is 14.7. The Bertz CT molecular complexity index is 585. The summed E-state index contributed by atoms with van der Waals surface area (Å²) in [4.78, 5) is 20.3. The molecule has 4 rings (SSSR count). The van der Waals surface area contributed by atoms with Gasteiger partial charge in [-0.2, -0.15) is 0 Å². The number of nitrogens with zero attached hydrogens (tertiary/aromatic N) is 2. The van der Waals surface area contributed by atoms with Crippen LogP contribution in [0.15, 0.2) is 0 Å². The number of ether oxygens (including phenoxy) is 1. The normalized spacial score (nSPS) is 31.7. The zero-order valence-electron chi connectivity index (χ0n) is 13.9. The highest BCUT2D eigenvalue weighted by Crippen LogP contribution is 2.47. The van der Waals surface area contributed by atoms with E-state index < -0.39 is 0 Å². The number of hydrogen-bond donors (Lipinski definition) is 1. The number of hydrogen-bond acceptors (Lipinski definition) is 4. The summed E-state index contributed by atoms with van der Waals surface area (Å²) in [7, 11) is 0. The van der Waals surface area contributed by atoms with Gasteiger partial charge in [0.25, 0.3) is 0 Å². The molecule has 1 N–H and O–H groups in total. The van der Waals surface area contributed by atoms with Crippen molar-refractivity contribution in [3.05, 3.63) is 15.6 Å². The van der Waals surface area contributed by atoms with Gasteiger partial charge in [-0.15, -0.1) is 11.3 Å². The molecule has 126 valence electrons. The summed E-state index contributed by atoms with van der Waals surface area (Å²) in [5, 5.41) is 4.20. The van der Waals surface area contributed by atoms with Gasteiger partial charge in [-0.05, 0) is 26.2 Å². The van der Waals surface area contributed by atoms with Gasteiger partial charge in [0.2, 0.25) is 0 Å². The Hall–Kier alpha value is -1.14. The summed E-state index contributed by atoms with van der Waals surface area (Å²) in [6, 6.07) is 0.0859. The maximum absolute atomic E-state index is 12.4. The van der Waals surface area contributed by atoms with Crippen LogP contribution < -0.4 is 5.32 Å². The highest BCUT2D eigenvalue weighted by Gasteiger charge is 2.53. The van der Waals surface area contributed by atoms with Crippen molar-refractivity contribution in [3.8, 4) is 0 Å². The van der Waals surface area contributed by atoms with Gasteiger partial charge < -0.3 is 15.0 Å². The van der Waals surface area contributed by atoms with Crippen molar-refractivity contribution in [1.29, 1.82) is 0 Å². The van der Waals surface area contributed by atoms with Gasteiger partial charge in [0.05, 0.1) is 22.9 Å². The third-order valence-electron chi connectivity index (χ3n) is 5.63. The van der Waals surface area contributed by atoms with E-state index in [1.54, 1.807) is 11.3 Å². The lowest BCUT2D eigenvalue weighted by Gasteiger charge is -2.19. The van der Waals surface area contributed by atoms with Gasteiger partial charge in [0, 0.05) is 42.8 Å². The average Bonchev–Trinajstić information content (AvgIpc) is 3.28. The first kappa shape index (κ1) is 15.4. The SMILES string of the molecule is CCc1nc(CCNC(=O)N2C[C@H]3[C@H](C2)[C@H]2CC[C@H]3O2)sc1C. The second kappa shape index (κ2) is 6.06. The average molecular weight is 335 g/mol. The summed E-state index contributed by atoms with van der Waals surface area (Å²) in [5.74, 6) is 1.15. The molecule has 3 fully saturated rings. The van der Waals surface area contributed by atoms with Gasteiger partial charge >= 0.3 is 6.03 Å². The summed E-state index contributed by atoms with van der Waals surface area (Å²) < 4.78 is 5.97. The molecule has 3 aliphatic rings. The molecule has 0 radical (unpaired) electrons. The number of carbonyl (C=O) groups is 1. The minimum atomic E-state index is 0.0859. The molecular formula is C17H25N3O2S. The van der Waals surface area contributed by atoms with E-state index in [4.69, 9.17) is 4.74 Å². The number of nitrogens with one attached hydrogen (secondary N) is 1. The lowest BCUT2D eigenvalue weighted by atomic mass is 9.82. The number of urea groups is 1. The molecule has 4 atom stereocenters. The molecule has 2 bridgehead atoms. The van der Waals surface area contributed by atoms with Crippen LogP contribution in [0.5, 0.6) is 0 Å². The predicted octanol–water partition coefficient (Wildman–Crippen LogP) is 2.38. The predicted molar refractivity (Wildman–Crippen MR) is 89.8 cm³/mol. The summed E-state index contributed by atoms with van der Waals surface area (Å²) >= 11 is 1.75. The number of amides is 2. The van der Waals surface area contributed by atoms with Gasteiger partial charge in [-0.1, -0.05) is 6.92 Å². The van der Waals surface area contributed by atoms with Crippen LogP contribution in [0.2, 0.25) is 0 Å². The standard InChI is InChI=1S/C17H25N3O2S/c1-3-13-10(2)23-16(19-13)6-7-18-17(21)20-8-11-12(9-20)15-5-4-14(11)22-15/h11-12,14-15H,3-9H2,1-2H3,(H,18,21)/t11-,12-,14+,15+/m0/s1. The van der Waals surface area contributed by atoms with Crippen LogP contribution in [0.4, 0.5) is 4.79 Å². The Morgan fingerprint density at radius 3 is 2.65 bits per heavy atom. The van der Waals surface area contributed by atoms with Crippen molar-refractivity contribution < 1.29 is 9.53 Å². The molecule has 6 heteroatoms. The van der Waals surface area contributed by atoms with Crippen molar-refractivity contribution >= 4 is 17.4 Å². The summed E-state index contributed by atoms with van der Waals surface area (Å²) in [6.45, 7) is 6.67. The Labute approximate surface area is 141 Å². The maximum atomic E-state index is 12.4. The molecule has 1 aromatic heterocycles. The molecular weight excluding hydrogens is 310 g/mol. The van der Waals surface area contributed by atoms with Crippen LogP contribution in [0.1, 0.15) is 35.3 Å². The molecule has 2 amide bonds. The number of thiazole rings is 1. The Morgan fingerprint density at radius 2 is 2.04 bits per heavy atom. The first-order valence-electron chi connectivity index (χ1n) is 8.79. The van der Waals surface area contributed by atoms with Gasteiger partial charge in [0.15, 0.2) is 0 Å².